The Labute approximate surface area is 83.3 Å². The number of carboxylic acids is 1. The van der Waals surface area contributed by atoms with Crippen LogP contribution in [-0.2, 0) is 10.3 Å². The molecule has 0 saturated carbocycles. The zero-order chi connectivity index (χ0) is 11.6. The van der Waals surface area contributed by atoms with Crippen molar-refractivity contribution in [2.24, 2.45) is 5.73 Å². The molecule has 0 saturated heterocycles. The molecular weight excluding hydrogens is 211 g/mol. The Morgan fingerprint density at radius 2 is 1.93 bits per heavy atom. The number of nitrogens with two attached hydrogens (primary N) is 1. The fourth-order valence-electron chi connectivity index (χ4n) is 1.12. The molecule has 0 aliphatic heterocycles. The summed E-state index contributed by atoms with van der Waals surface area (Å²) >= 11 is 0. The van der Waals surface area contributed by atoms with E-state index in [1.54, 1.807) is 0 Å². The van der Waals surface area contributed by atoms with Crippen molar-refractivity contribution in [3.63, 3.8) is 0 Å². The summed E-state index contributed by atoms with van der Waals surface area (Å²) in [6.07, 6.45) is -3.40. The van der Waals surface area contributed by atoms with Crippen LogP contribution in [0.3, 0.4) is 0 Å². The second-order valence-corrected chi connectivity index (χ2v) is 2.95. The number of halogens is 3. The number of benzene rings is 1. The summed E-state index contributed by atoms with van der Waals surface area (Å²) in [4.78, 5) is 10.6. The number of aliphatic carboxylic acids is 1. The number of alkyl halides is 2. The van der Waals surface area contributed by atoms with Crippen LogP contribution in [0.15, 0.2) is 24.3 Å². The molecule has 0 aromatic heterocycles. The molecular formula is C9H8F3NO2. The normalized spacial score (nSPS) is 15.0. The molecule has 1 unspecified atom stereocenters. The summed E-state index contributed by atoms with van der Waals surface area (Å²) < 4.78 is 38.2. The van der Waals surface area contributed by atoms with Gasteiger partial charge in [-0.05, 0) is 6.07 Å². The van der Waals surface area contributed by atoms with E-state index in [1.807, 2.05) is 0 Å². The standard InChI is InChI=1S/C9H8F3NO2/c10-6-4-2-1-3-5(6)9(13,7(11)12)8(14)15/h1-4,7H,13H2,(H,14,15). The van der Waals surface area contributed by atoms with Crippen molar-refractivity contribution in [1.29, 1.82) is 0 Å². The van der Waals surface area contributed by atoms with Crippen LogP contribution in [-0.4, -0.2) is 17.5 Å². The van der Waals surface area contributed by atoms with Crippen molar-refractivity contribution in [1.82, 2.24) is 0 Å². The summed E-state index contributed by atoms with van der Waals surface area (Å²) in [5.74, 6) is -3.04. The molecule has 0 fully saturated rings. The zero-order valence-corrected chi connectivity index (χ0v) is 7.45. The monoisotopic (exact) mass is 219 g/mol. The third-order valence-electron chi connectivity index (χ3n) is 2.02. The predicted octanol–water partition coefficient (Wildman–Crippen LogP) is 1.33. The predicted molar refractivity (Wildman–Crippen MR) is 45.9 cm³/mol. The number of carbonyl (C=O) groups is 1. The SMILES string of the molecule is NC(C(=O)O)(c1ccccc1F)C(F)F. The van der Waals surface area contributed by atoms with Crippen molar-refractivity contribution in [3.8, 4) is 0 Å². The van der Waals surface area contributed by atoms with E-state index in [1.165, 1.54) is 12.1 Å². The van der Waals surface area contributed by atoms with Gasteiger partial charge in [0.15, 0.2) is 0 Å². The Balaban J connectivity index is 3.34. The van der Waals surface area contributed by atoms with Gasteiger partial charge in [-0.1, -0.05) is 18.2 Å². The van der Waals surface area contributed by atoms with Crippen LogP contribution in [0, 0.1) is 5.82 Å². The molecule has 0 heterocycles. The lowest BCUT2D eigenvalue weighted by atomic mass is 9.91. The van der Waals surface area contributed by atoms with Crippen molar-refractivity contribution < 1.29 is 23.1 Å². The highest BCUT2D eigenvalue weighted by atomic mass is 19.3. The molecule has 0 amide bonds. The van der Waals surface area contributed by atoms with Gasteiger partial charge in [0, 0.05) is 5.56 Å². The average Bonchev–Trinajstić information content (AvgIpc) is 2.16. The van der Waals surface area contributed by atoms with Gasteiger partial charge in [0.25, 0.3) is 6.43 Å². The lowest BCUT2D eigenvalue weighted by molar-refractivity contribution is -0.150. The quantitative estimate of drug-likeness (QED) is 0.806. The molecule has 15 heavy (non-hydrogen) atoms. The van der Waals surface area contributed by atoms with Gasteiger partial charge in [0.1, 0.15) is 5.82 Å². The fourth-order valence-corrected chi connectivity index (χ4v) is 1.12. The minimum Gasteiger partial charge on any atom is -0.479 e. The smallest absolute Gasteiger partial charge is 0.334 e. The van der Waals surface area contributed by atoms with Gasteiger partial charge in [-0.3, -0.25) is 0 Å². The summed E-state index contributed by atoms with van der Waals surface area (Å²) in [7, 11) is 0. The van der Waals surface area contributed by atoms with Gasteiger partial charge >= 0.3 is 5.97 Å². The molecule has 0 spiro atoms. The largest absolute Gasteiger partial charge is 0.479 e. The second-order valence-electron chi connectivity index (χ2n) is 2.95. The second kappa shape index (κ2) is 3.90. The molecule has 1 atom stereocenters. The van der Waals surface area contributed by atoms with Crippen molar-refractivity contribution in [2.45, 2.75) is 12.0 Å². The van der Waals surface area contributed by atoms with Crippen LogP contribution < -0.4 is 5.73 Å². The minimum absolute atomic E-state index is 0.729. The van der Waals surface area contributed by atoms with E-state index in [0.29, 0.717) is 0 Å². The van der Waals surface area contributed by atoms with Gasteiger partial charge < -0.3 is 10.8 Å². The van der Waals surface area contributed by atoms with Crippen LogP contribution in [0.25, 0.3) is 0 Å². The number of carboxylic acid groups (broad SMARTS) is 1. The summed E-state index contributed by atoms with van der Waals surface area (Å²) in [5, 5.41) is 8.61. The van der Waals surface area contributed by atoms with E-state index in [2.05, 4.69) is 0 Å². The molecule has 1 rings (SSSR count). The maximum Gasteiger partial charge on any atom is 0.334 e. The molecule has 82 valence electrons. The fraction of sp³-hybridized carbons (Fsp3) is 0.222. The maximum atomic E-state index is 13.1. The Morgan fingerprint density at radius 3 is 2.33 bits per heavy atom. The third kappa shape index (κ3) is 1.80. The van der Waals surface area contributed by atoms with Crippen LogP contribution in [0.2, 0.25) is 0 Å². The van der Waals surface area contributed by atoms with E-state index < -0.39 is 29.3 Å². The summed E-state index contributed by atoms with van der Waals surface area (Å²) in [6.45, 7) is 0. The Morgan fingerprint density at radius 1 is 1.40 bits per heavy atom. The van der Waals surface area contributed by atoms with Gasteiger partial charge in [-0.25, -0.2) is 18.0 Å². The van der Waals surface area contributed by atoms with Gasteiger partial charge in [-0.2, -0.15) is 0 Å². The molecule has 0 aliphatic rings. The Hall–Kier alpha value is -1.56. The molecule has 1 aromatic carbocycles. The Kier molecular flexibility index (Phi) is 2.99. The zero-order valence-electron chi connectivity index (χ0n) is 7.45. The van der Waals surface area contributed by atoms with E-state index >= 15 is 0 Å². The summed E-state index contributed by atoms with van der Waals surface area (Å²) in [5.41, 5.74) is 1.28. The summed E-state index contributed by atoms with van der Waals surface area (Å²) in [6, 6.07) is 4.30. The molecule has 0 radical (unpaired) electrons. The highest BCUT2D eigenvalue weighted by Gasteiger charge is 2.47. The van der Waals surface area contributed by atoms with Gasteiger partial charge in [-0.15, -0.1) is 0 Å². The highest BCUT2D eigenvalue weighted by Crippen LogP contribution is 2.28. The first-order valence-electron chi connectivity index (χ1n) is 3.96. The van der Waals surface area contributed by atoms with E-state index in [4.69, 9.17) is 10.8 Å². The first-order valence-corrected chi connectivity index (χ1v) is 3.96. The molecule has 0 aliphatic carbocycles. The van der Waals surface area contributed by atoms with Crippen molar-refractivity contribution >= 4 is 5.97 Å². The highest BCUT2D eigenvalue weighted by molar-refractivity contribution is 5.81. The number of hydrogen-bond acceptors (Lipinski definition) is 2. The van der Waals surface area contributed by atoms with Crippen LogP contribution in [0.4, 0.5) is 13.2 Å². The van der Waals surface area contributed by atoms with E-state index in [0.717, 1.165) is 12.1 Å². The van der Waals surface area contributed by atoms with Crippen LogP contribution >= 0.6 is 0 Å². The molecule has 6 heteroatoms. The topological polar surface area (TPSA) is 63.3 Å². The van der Waals surface area contributed by atoms with Crippen molar-refractivity contribution in [3.05, 3.63) is 35.6 Å². The van der Waals surface area contributed by atoms with Gasteiger partial charge in [0.2, 0.25) is 5.54 Å². The van der Waals surface area contributed by atoms with Gasteiger partial charge in [0.05, 0.1) is 0 Å². The van der Waals surface area contributed by atoms with Crippen LogP contribution in [0.1, 0.15) is 5.56 Å². The first-order chi connectivity index (χ1) is 6.90. The van der Waals surface area contributed by atoms with E-state index in [9.17, 15) is 18.0 Å². The average molecular weight is 219 g/mol. The Bertz CT molecular complexity index is 383. The third-order valence-corrected chi connectivity index (χ3v) is 2.02. The lowest BCUT2D eigenvalue weighted by Gasteiger charge is -2.24. The first kappa shape index (κ1) is 11.5. The van der Waals surface area contributed by atoms with Crippen molar-refractivity contribution in [2.75, 3.05) is 0 Å². The van der Waals surface area contributed by atoms with Crippen LogP contribution in [0.5, 0.6) is 0 Å². The molecule has 1 aromatic rings. The molecule has 3 nitrogen and oxygen atoms in total. The number of hydrogen-bond donors (Lipinski definition) is 2. The molecule has 0 bridgehead atoms. The minimum atomic E-state index is -3.40. The van der Waals surface area contributed by atoms with E-state index in [-0.39, 0.29) is 0 Å². The lowest BCUT2D eigenvalue weighted by Crippen LogP contribution is -2.51. The number of rotatable bonds is 3. The molecule has 3 N–H and O–H groups in total. The maximum absolute atomic E-state index is 13.1.